The van der Waals surface area contributed by atoms with Crippen LogP contribution in [0.4, 0.5) is 0 Å². The van der Waals surface area contributed by atoms with Gasteiger partial charge in [0.2, 0.25) is 0 Å². The predicted octanol–water partition coefficient (Wildman–Crippen LogP) is 5.19. The van der Waals surface area contributed by atoms with Gasteiger partial charge >= 0.3 is 5.97 Å². The monoisotopic (exact) mass is 341 g/mol. The van der Waals surface area contributed by atoms with Crippen molar-refractivity contribution in [3.63, 3.8) is 0 Å². The second kappa shape index (κ2) is 7.16. The number of benzene rings is 1. The van der Waals surface area contributed by atoms with Crippen LogP contribution in [-0.2, 0) is 6.42 Å². The van der Waals surface area contributed by atoms with Gasteiger partial charge in [-0.1, -0.05) is 48.3 Å². The summed E-state index contributed by atoms with van der Waals surface area (Å²) in [5, 5.41) is 10.9. The van der Waals surface area contributed by atoms with Crippen LogP contribution in [-0.4, -0.2) is 16.1 Å². The number of halogens is 2. The number of aromatic carboxylic acids is 1. The molecular weight excluding hydrogens is 329 g/mol. The largest absolute Gasteiger partial charge is 0.478 e. The molecular formula is C15H13Cl2NO2S. The molecule has 0 aliphatic rings. The van der Waals surface area contributed by atoms with Gasteiger partial charge < -0.3 is 5.11 Å². The minimum absolute atomic E-state index is 0.231. The molecule has 0 bridgehead atoms. The topological polar surface area (TPSA) is 50.2 Å². The normalized spacial score (nSPS) is 10.6. The Morgan fingerprint density at radius 2 is 2.05 bits per heavy atom. The van der Waals surface area contributed by atoms with E-state index in [0.717, 1.165) is 23.4 Å². The zero-order valence-corrected chi connectivity index (χ0v) is 13.6. The van der Waals surface area contributed by atoms with Crippen LogP contribution in [0.3, 0.4) is 0 Å². The third kappa shape index (κ3) is 4.37. The zero-order valence-electron chi connectivity index (χ0n) is 11.3. The second-order valence-electron chi connectivity index (χ2n) is 4.42. The number of aromatic nitrogens is 1. The van der Waals surface area contributed by atoms with Gasteiger partial charge in [-0.25, -0.2) is 9.78 Å². The molecule has 0 aliphatic heterocycles. The van der Waals surface area contributed by atoms with Crippen molar-refractivity contribution in [3.05, 3.63) is 51.6 Å². The van der Waals surface area contributed by atoms with E-state index in [1.807, 2.05) is 6.92 Å². The number of nitrogens with zero attached hydrogens (tertiary/aromatic N) is 1. The summed E-state index contributed by atoms with van der Waals surface area (Å²) in [4.78, 5) is 16.4. The first-order valence-corrected chi connectivity index (χ1v) is 7.94. The summed E-state index contributed by atoms with van der Waals surface area (Å²) in [6, 6.07) is 8.31. The summed E-state index contributed by atoms with van der Waals surface area (Å²) >= 11 is 13.4. The molecule has 0 saturated heterocycles. The van der Waals surface area contributed by atoms with Crippen LogP contribution in [0, 0.1) is 0 Å². The average Bonchev–Trinajstić information content (AvgIpc) is 2.43. The summed E-state index contributed by atoms with van der Waals surface area (Å²) < 4.78 is 0. The molecule has 0 fully saturated rings. The number of hydrogen-bond acceptors (Lipinski definition) is 3. The van der Waals surface area contributed by atoms with E-state index in [1.165, 1.54) is 11.8 Å². The number of aryl methyl sites for hydroxylation is 1. The highest BCUT2D eigenvalue weighted by Crippen LogP contribution is 2.34. The fourth-order valence-corrected chi connectivity index (χ4v) is 3.18. The van der Waals surface area contributed by atoms with Gasteiger partial charge in [0, 0.05) is 15.6 Å². The van der Waals surface area contributed by atoms with E-state index in [4.69, 9.17) is 23.2 Å². The molecule has 1 aromatic carbocycles. The Bertz CT molecular complexity index is 677. The van der Waals surface area contributed by atoms with Gasteiger partial charge in [-0.05, 0) is 36.8 Å². The molecule has 3 nitrogen and oxygen atoms in total. The van der Waals surface area contributed by atoms with E-state index >= 15 is 0 Å². The predicted molar refractivity (Wildman–Crippen MR) is 85.8 cm³/mol. The number of carboxylic acid groups (broad SMARTS) is 1. The lowest BCUT2D eigenvalue weighted by atomic mass is 10.2. The zero-order chi connectivity index (χ0) is 15.4. The van der Waals surface area contributed by atoms with Crippen molar-refractivity contribution in [1.29, 1.82) is 0 Å². The molecule has 6 heteroatoms. The number of hydrogen-bond donors (Lipinski definition) is 1. The number of rotatable bonds is 5. The molecule has 2 aromatic rings. The third-order valence-corrected chi connectivity index (χ3v) is 4.37. The number of carboxylic acids is 1. The third-order valence-electron chi connectivity index (χ3n) is 2.72. The molecule has 0 radical (unpaired) electrons. The maximum Gasteiger partial charge on any atom is 0.335 e. The van der Waals surface area contributed by atoms with Gasteiger partial charge in [0.05, 0.1) is 10.6 Å². The molecule has 0 saturated carbocycles. The smallest absolute Gasteiger partial charge is 0.335 e. The minimum Gasteiger partial charge on any atom is -0.478 e. The molecule has 21 heavy (non-hydrogen) atoms. The summed E-state index contributed by atoms with van der Waals surface area (Å²) in [7, 11) is 0. The summed E-state index contributed by atoms with van der Waals surface area (Å²) in [6.07, 6.45) is 1.63. The van der Waals surface area contributed by atoms with Crippen molar-refractivity contribution in [3.8, 4) is 0 Å². The number of pyridine rings is 1. The Kier molecular flexibility index (Phi) is 5.51. The Balaban J connectivity index is 2.38. The maximum absolute atomic E-state index is 11.2. The van der Waals surface area contributed by atoms with Crippen LogP contribution in [0.2, 0.25) is 10.0 Å². The van der Waals surface area contributed by atoms with Gasteiger partial charge in [-0.15, -0.1) is 0 Å². The first-order chi connectivity index (χ1) is 9.99. The fourth-order valence-electron chi connectivity index (χ4n) is 1.79. The van der Waals surface area contributed by atoms with E-state index in [2.05, 4.69) is 4.98 Å². The Labute approximate surface area is 137 Å². The van der Waals surface area contributed by atoms with Gasteiger partial charge in [-0.3, -0.25) is 0 Å². The Morgan fingerprint density at radius 3 is 2.71 bits per heavy atom. The summed E-state index contributed by atoms with van der Waals surface area (Å²) in [5.74, 6) is -0.964. The van der Waals surface area contributed by atoms with E-state index < -0.39 is 5.97 Å². The number of carbonyl (C=O) groups is 1. The molecule has 0 aliphatic carbocycles. The van der Waals surface area contributed by atoms with Crippen molar-refractivity contribution in [2.75, 3.05) is 0 Å². The van der Waals surface area contributed by atoms with E-state index in [0.29, 0.717) is 15.1 Å². The van der Waals surface area contributed by atoms with Crippen molar-refractivity contribution < 1.29 is 9.90 Å². The molecule has 0 amide bonds. The van der Waals surface area contributed by atoms with Crippen LogP contribution in [0.15, 0.2) is 40.3 Å². The van der Waals surface area contributed by atoms with Gasteiger partial charge in [0.25, 0.3) is 0 Å². The van der Waals surface area contributed by atoms with Crippen LogP contribution in [0.5, 0.6) is 0 Å². The van der Waals surface area contributed by atoms with E-state index in [9.17, 15) is 9.90 Å². The lowest BCUT2D eigenvalue weighted by Gasteiger charge is -2.07. The van der Waals surface area contributed by atoms with Crippen LogP contribution < -0.4 is 0 Å². The first kappa shape index (κ1) is 16.1. The molecule has 0 spiro atoms. The van der Waals surface area contributed by atoms with Gasteiger partial charge in [-0.2, -0.15) is 0 Å². The molecule has 0 atom stereocenters. The van der Waals surface area contributed by atoms with E-state index in [-0.39, 0.29) is 5.56 Å². The highest BCUT2D eigenvalue weighted by atomic mass is 35.5. The molecule has 1 aromatic heterocycles. The minimum atomic E-state index is -0.964. The van der Waals surface area contributed by atoms with Crippen LogP contribution in [0.1, 0.15) is 29.4 Å². The lowest BCUT2D eigenvalue weighted by Crippen LogP contribution is -2.01. The van der Waals surface area contributed by atoms with Crippen LogP contribution in [0.25, 0.3) is 0 Å². The van der Waals surface area contributed by atoms with Gasteiger partial charge in [0.1, 0.15) is 5.03 Å². The van der Waals surface area contributed by atoms with Crippen molar-refractivity contribution in [2.45, 2.75) is 29.7 Å². The molecule has 1 heterocycles. The van der Waals surface area contributed by atoms with Crippen LogP contribution >= 0.6 is 35.0 Å². The second-order valence-corrected chi connectivity index (χ2v) is 6.32. The van der Waals surface area contributed by atoms with Crippen molar-refractivity contribution >= 4 is 40.9 Å². The lowest BCUT2D eigenvalue weighted by molar-refractivity contribution is 0.0696. The SMILES string of the molecule is CCCc1cc(C(=O)O)cc(Sc2cc(Cl)ccc2Cl)n1. The Morgan fingerprint density at radius 1 is 1.29 bits per heavy atom. The maximum atomic E-state index is 11.2. The highest BCUT2D eigenvalue weighted by molar-refractivity contribution is 7.99. The average molecular weight is 342 g/mol. The molecule has 2 rings (SSSR count). The van der Waals surface area contributed by atoms with Gasteiger partial charge in [0.15, 0.2) is 0 Å². The van der Waals surface area contributed by atoms with Crippen molar-refractivity contribution in [1.82, 2.24) is 4.98 Å². The summed E-state index contributed by atoms with van der Waals surface area (Å²) in [6.45, 7) is 2.02. The fraction of sp³-hybridized carbons (Fsp3) is 0.200. The molecule has 110 valence electrons. The Hall–Kier alpha value is -1.23. The highest BCUT2D eigenvalue weighted by Gasteiger charge is 2.11. The quantitative estimate of drug-likeness (QED) is 0.812. The molecule has 0 unspecified atom stereocenters. The summed E-state index contributed by atoms with van der Waals surface area (Å²) in [5.41, 5.74) is 0.993. The van der Waals surface area contributed by atoms with Crippen molar-refractivity contribution in [2.24, 2.45) is 0 Å². The van der Waals surface area contributed by atoms with E-state index in [1.54, 1.807) is 30.3 Å². The first-order valence-electron chi connectivity index (χ1n) is 6.36. The standard InChI is InChI=1S/C15H13Cl2NO2S/c1-2-3-11-6-9(15(19)20)7-14(18-11)21-13-8-10(16)4-5-12(13)17/h4-8H,2-3H2,1H3,(H,19,20). The molecule has 1 N–H and O–H groups in total.